The first-order chi connectivity index (χ1) is 6.74. The van der Waals surface area contributed by atoms with Crippen molar-refractivity contribution in [3.05, 3.63) is 17.5 Å². The summed E-state index contributed by atoms with van der Waals surface area (Å²) >= 11 is 0. The lowest BCUT2D eigenvalue weighted by Gasteiger charge is -2.20. The fourth-order valence-corrected chi connectivity index (χ4v) is 2.15. The van der Waals surface area contributed by atoms with Gasteiger partial charge >= 0.3 is 0 Å². The lowest BCUT2D eigenvalue weighted by Crippen LogP contribution is -2.15. The number of hydrogen-bond acceptors (Lipinski definition) is 2. The van der Waals surface area contributed by atoms with Crippen molar-refractivity contribution in [1.82, 2.24) is 9.78 Å². The minimum absolute atomic E-state index is 0.0589. The second kappa shape index (κ2) is 3.45. The normalized spacial score (nSPS) is 20.6. The van der Waals surface area contributed by atoms with Gasteiger partial charge in [-0.25, -0.2) is 0 Å². The molecule has 0 N–H and O–H groups in total. The van der Waals surface area contributed by atoms with Crippen LogP contribution in [0.3, 0.4) is 0 Å². The number of hydrogen-bond donors (Lipinski definition) is 0. The fraction of sp³-hybridized carbons (Fsp3) is 0.636. The van der Waals surface area contributed by atoms with Gasteiger partial charge in [0.2, 0.25) is 0 Å². The van der Waals surface area contributed by atoms with Crippen LogP contribution in [-0.2, 0) is 6.42 Å². The molecule has 3 nitrogen and oxygen atoms in total. The summed E-state index contributed by atoms with van der Waals surface area (Å²) in [5.41, 5.74) is 2.44. The quantitative estimate of drug-likeness (QED) is 0.680. The van der Waals surface area contributed by atoms with E-state index in [-0.39, 0.29) is 5.92 Å². The SMILES string of the molecule is CC(C)n1ncc2c1C(C#N)CCC2. The van der Waals surface area contributed by atoms with Crippen molar-refractivity contribution >= 4 is 0 Å². The Bertz CT molecular complexity index is 370. The van der Waals surface area contributed by atoms with E-state index in [1.807, 2.05) is 10.9 Å². The summed E-state index contributed by atoms with van der Waals surface area (Å²) in [7, 11) is 0. The molecule has 0 bridgehead atoms. The van der Waals surface area contributed by atoms with Gasteiger partial charge in [-0.3, -0.25) is 4.68 Å². The van der Waals surface area contributed by atoms with Gasteiger partial charge in [-0.2, -0.15) is 10.4 Å². The molecule has 0 saturated heterocycles. The summed E-state index contributed by atoms with van der Waals surface area (Å²) in [6, 6.07) is 2.74. The zero-order valence-corrected chi connectivity index (χ0v) is 8.70. The van der Waals surface area contributed by atoms with Crippen LogP contribution in [0, 0.1) is 11.3 Å². The number of aromatic nitrogens is 2. The predicted octanol–water partition coefficient (Wildman–Crippen LogP) is 2.41. The molecule has 1 aliphatic carbocycles. The van der Waals surface area contributed by atoms with Crippen molar-refractivity contribution in [2.45, 2.75) is 45.1 Å². The first-order valence-corrected chi connectivity index (χ1v) is 5.20. The van der Waals surface area contributed by atoms with Gasteiger partial charge in [-0.15, -0.1) is 0 Å². The van der Waals surface area contributed by atoms with E-state index in [1.54, 1.807) is 0 Å². The van der Waals surface area contributed by atoms with Crippen LogP contribution in [0.5, 0.6) is 0 Å². The lowest BCUT2D eigenvalue weighted by atomic mass is 9.89. The van der Waals surface area contributed by atoms with Crippen LogP contribution in [0.4, 0.5) is 0 Å². The maximum atomic E-state index is 9.07. The third kappa shape index (κ3) is 1.31. The number of aryl methyl sites for hydroxylation is 1. The molecular weight excluding hydrogens is 174 g/mol. The molecule has 1 heterocycles. The molecule has 1 aliphatic rings. The molecule has 1 atom stereocenters. The Morgan fingerprint density at radius 2 is 2.43 bits per heavy atom. The van der Waals surface area contributed by atoms with Gasteiger partial charge in [0.05, 0.1) is 23.9 Å². The van der Waals surface area contributed by atoms with E-state index in [0.29, 0.717) is 6.04 Å². The van der Waals surface area contributed by atoms with Crippen LogP contribution < -0.4 is 0 Å². The monoisotopic (exact) mass is 189 g/mol. The van der Waals surface area contributed by atoms with E-state index in [4.69, 9.17) is 5.26 Å². The fourth-order valence-electron chi connectivity index (χ4n) is 2.15. The molecule has 0 aromatic carbocycles. The van der Waals surface area contributed by atoms with Gasteiger partial charge in [0.25, 0.3) is 0 Å². The van der Waals surface area contributed by atoms with Crippen molar-refractivity contribution in [2.75, 3.05) is 0 Å². The molecular formula is C11H15N3. The van der Waals surface area contributed by atoms with E-state index in [9.17, 15) is 0 Å². The average molecular weight is 189 g/mol. The number of fused-ring (bicyclic) bond motifs is 1. The highest BCUT2D eigenvalue weighted by atomic mass is 15.3. The van der Waals surface area contributed by atoms with Crippen molar-refractivity contribution < 1.29 is 0 Å². The molecule has 0 fully saturated rings. The summed E-state index contributed by atoms with van der Waals surface area (Å²) in [5, 5.41) is 13.4. The summed E-state index contributed by atoms with van der Waals surface area (Å²) in [6.45, 7) is 4.21. The van der Waals surface area contributed by atoms with E-state index < -0.39 is 0 Å². The largest absolute Gasteiger partial charge is 0.265 e. The molecule has 1 aromatic heterocycles. The van der Waals surface area contributed by atoms with Gasteiger partial charge in [-0.1, -0.05) is 0 Å². The highest BCUT2D eigenvalue weighted by Gasteiger charge is 2.25. The topological polar surface area (TPSA) is 41.6 Å². The molecule has 1 aromatic rings. The van der Waals surface area contributed by atoms with Crippen LogP contribution in [0.15, 0.2) is 6.20 Å². The molecule has 0 saturated carbocycles. The summed E-state index contributed by atoms with van der Waals surface area (Å²) in [4.78, 5) is 0. The van der Waals surface area contributed by atoms with Crippen LogP contribution in [-0.4, -0.2) is 9.78 Å². The van der Waals surface area contributed by atoms with Gasteiger partial charge in [0.1, 0.15) is 0 Å². The molecule has 2 rings (SSSR count). The standard InChI is InChI=1S/C11H15N3/c1-8(2)14-11-9(6-12)4-3-5-10(11)7-13-14/h7-9H,3-5H2,1-2H3. The molecule has 0 spiro atoms. The highest BCUT2D eigenvalue weighted by molar-refractivity contribution is 5.29. The second-order valence-electron chi connectivity index (χ2n) is 4.17. The molecule has 3 heteroatoms. The Kier molecular flexibility index (Phi) is 2.28. The Labute approximate surface area is 84.3 Å². The second-order valence-corrected chi connectivity index (χ2v) is 4.17. The van der Waals surface area contributed by atoms with E-state index in [0.717, 1.165) is 25.0 Å². The van der Waals surface area contributed by atoms with Crippen molar-refractivity contribution in [3.8, 4) is 6.07 Å². The zero-order chi connectivity index (χ0) is 10.1. The third-order valence-electron chi connectivity index (χ3n) is 2.83. The molecule has 14 heavy (non-hydrogen) atoms. The number of rotatable bonds is 1. The van der Waals surface area contributed by atoms with Crippen molar-refractivity contribution in [3.63, 3.8) is 0 Å². The van der Waals surface area contributed by atoms with Gasteiger partial charge < -0.3 is 0 Å². The number of nitriles is 1. The summed E-state index contributed by atoms with van der Waals surface area (Å²) < 4.78 is 2.00. The molecule has 0 aliphatic heterocycles. The number of nitrogens with zero attached hydrogens (tertiary/aromatic N) is 3. The molecule has 0 radical (unpaired) electrons. The van der Waals surface area contributed by atoms with Crippen LogP contribution in [0.1, 0.15) is 49.9 Å². The molecule has 74 valence electrons. The Hall–Kier alpha value is -1.30. The first kappa shape index (κ1) is 9.26. The van der Waals surface area contributed by atoms with E-state index in [1.165, 1.54) is 5.56 Å². The molecule has 0 amide bonds. The average Bonchev–Trinajstić information content (AvgIpc) is 2.60. The van der Waals surface area contributed by atoms with E-state index in [2.05, 4.69) is 25.0 Å². The predicted molar refractivity (Wildman–Crippen MR) is 53.9 cm³/mol. The zero-order valence-electron chi connectivity index (χ0n) is 8.70. The maximum Gasteiger partial charge on any atom is 0.0884 e. The van der Waals surface area contributed by atoms with Gasteiger partial charge in [0, 0.05) is 6.04 Å². The minimum atomic E-state index is 0.0589. The Balaban J connectivity index is 2.48. The van der Waals surface area contributed by atoms with Crippen LogP contribution in [0.2, 0.25) is 0 Å². The van der Waals surface area contributed by atoms with E-state index >= 15 is 0 Å². The highest BCUT2D eigenvalue weighted by Crippen LogP contribution is 2.32. The summed E-state index contributed by atoms with van der Waals surface area (Å²) in [6.07, 6.45) is 5.12. The first-order valence-electron chi connectivity index (χ1n) is 5.20. The van der Waals surface area contributed by atoms with Gasteiger partial charge in [-0.05, 0) is 38.7 Å². The smallest absolute Gasteiger partial charge is 0.0884 e. The van der Waals surface area contributed by atoms with Crippen molar-refractivity contribution in [2.24, 2.45) is 0 Å². The van der Waals surface area contributed by atoms with Crippen LogP contribution >= 0.6 is 0 Å². The molecule has 1 unspecified atom stereocenters. The summed E-state index contributed by atoms with van der Waals surface area (Å²) in [5.74, 6) is 0.0589. The van der Waals surface area contributed by atoms with Gasteiger partial charge in [0.15, 0.2) is 0 Å². The van der Waals surface area contributed by atoms with Crippen LogP contribution in [0.25, 0.3) is 0 Å². The Morgan fingerprint density at radius 3 is 3.07 bits per heavy atom. The lowest BCUT2D eigenvalue weighted by molar-refractivity contribution is 0.481. The third-order valence-corrected chi connectivity index (χ3v) is 2.83. The maximum absolute atomic E-state index is 9.07. The van der Waals surface area contributed by atoms with Crippen molar-refractivity contribution in [1.29, 1.82) is 5.26 Å². The minimum Gasteiger partial charge on any atom is -0.265 e. The Morgan fingerprint density at radius 1 is 1.64 bits per heavy atom.